The zero-order valence-electron chi connectivity index (χ0n) is 23.5. The summed E-state index contributed by atoms with van der Waals surface area (Å²) in [6, 6.07) is 7.86. The maximum absolute atomic E-state index is 15.3. The number of carboxylic acids is 1. The Morgan fingerprint density at radius 2 is 2.00 bits per heavy atom. The predicted octanol–water partition coefficient (Wildman–Crippen LogP) is 6.69. The molecule has 4 rings (SSSR count). The summed E-state index contributed by atoms with van der Waals surface area (Å²) in [7, 11) is 1.91. The maximum atomic E-state index is 15.3. The van der Waals surface area contributed by atoms with Crippen molar-refractivity contribution < 1.29 is 19.1 Å². The van der Waals surface area contributed by atoms with Crippen LogP contribution in [0.1, 0.15) is 74.7 Å². The van der Waals surface area contributed by atoms with Gasteiger partial charge in [0.1, 0.15) is 17.3 Å². The topological polar surface area (TPSA) is 86.1 Å². The molecule has 1 amide bonds. The highest BCUT2D eigenvalue weighted by Gasteiger charge is 2.28. The molecule has 7 nitrogen and oxygen atoms in total. The van der Waals surface area contributed by atoms with Crippen molar-refractivity contribution in [1.82, 2.24) is 14.8 Å². The van der Waals surface area contributed by atoms with Gasteiger partial charge >= 0.3 is 5.97 Å². The van der Waals surface area contributed by atoms with Crippen molar-refractivity contribution in [2.45, 2.75) is 64.8 Å². The van der Waals surface area contributed by atoms with Gasteiger partial charge in [0.25, 0.3) is 5.91 Å². The van der Waals surface area contributed by atoms with E-state index in [-0.39, 0.29) is 17.5 Å². The number of allylic oxidation sites excluding steroid dienone is 3. The number of amides is 1. The first kappa shape index (κ1) is 28.9. The fourth-order valence-corrected chi connectivity index (χ4v) is 5.05. The standard InChI is InChI=1S/C32H37FN4O3/c1-5-6-11-25-19-29(31(38)37-16-9-7-8-10-22(37)3)35-30(36(25)4)17-21(2)26-14-12-23(18-27(26)33)28-15-13-24(20-34-28)32(39)40/h12-15,17-20,22H,2,5-11,16H2,1,3-4H3,(H,39,40)/b30-17-. The number of rotatable bonds is 8. The molecule has 2 aliphatic heterocycles. The minimum absolute atomic E-state index is 0.0634. The number of likely N-dealkylation sites (tertiary alicyclic amines) is 1. The average Bonchev–Trinajstić information content (AvgIpc) is 3.17. The third kappa shape index (κ3) is 6.55. The first-order valence-corrected chi connectivity index (χ1v) is 13.9. The number of aliphatic imine (C=N–C) groups is 1. The minimum atomic E-state index is -1.07. The Balaban J connectivity index is 1.63. The second kappa shape index (κ2) is 12.9. The summed E-state index contributed by atoms with van der Waals surface area (Å²) in [5, 5.41) is 9.08. The molecule has 8 heteroatoms. The molecule has 0 spiro atoms. The number of hydrogen-bond acceptors (Lipinski definition) is 5. The van der Waals surface area contributed by atoms with Crippen molar-refractivity contribution in [3.05, 3.63) is 83.7 Å². The summed E-state index contributed by atoms with van der Waals surface area (Å²) in [5.41, 5.74) is 3.19. The van der Waals surface area contributed by atoms with Gasteiger partial charge in [0.2, 0.25) is 0 Å². The number of benzene rings is 1. The highest BCUT2D eigenvalue weighted by molar-refractivity contribution is 6.43. The molecule has 2 aromatic rings. The summed E-state index contributed by atoms with van der Waals surface area (Å²) in [4.78, 5) is 37.5. The van der Waals surface area contributed by atoms with Crippen molar-refractivity contribution in [1.29, 1.82) is 0 Å². The van der Waals surface area contributed by atoms with Crippen LogP contribution in [0.25, 0.3) is 16.8 Å². The van der Waals surface area contributed by atoms with Gasteiger partial charge in [-0.15, -0.1) is 0 Å². The van der Waals surface area contributed by atoms with E-state index in [1.165, 1.54) is 18.3 Å². The van der Waals surface area contributed by atoms with Crippen molar-refractivity contribution in [2.24, 2.45) is 4.99 Å². The lowest BCUT2D eigenvalue weighted by Crippen LogP contribution is -2.43. The molecular formula is C32H37FN4O3. The lowest BCUT2D eigenvalue weighted by molar-refractivity contribution is -0.125. The molecule has 210 valence electrons. The molecular weight excluding hydrogens is 507 g/mol. The number of carbonyl (C=O) groups excluding carboxylic acids is 1. The van der Waals surface area contributed by atoms with Crippen molar-refractivity contribution >= 4 is 23.2 Å². The van der Waals surface area contributed by atoms with Crippen LogP contribution in [-0.2, 0) is 4.79 Å². The quantitative estimate of drug-likeness (QED) is 0.400. The van der Waals surface area contributed by atoms with Gasteiger partial charge in [-0.3, -0.25) is 9.78 Å². The van der Waals surface area contributed by atoms with Gasteiger partial charge in [0.05, 0.1) is 11.3 Å². The van der Waals surface area contributed by atoms with Gasteiger partial charge in [0.15, 0.2) is 0 Å². The summed E-state index contributed by atoms with van der Waals surface area (Å²) in [6.45, 7) is 9.06. The monoisotopic (exact) mass is 544 g/mol. The molecule has 2 aliphatic rings. The van der Waals surface area contributed by atoms with Crippen molar-refractivity contribution in [2.75, 3.05) is 13.6 Å². The summed E-state index contributed by atoms with van der Waals surface area (Å²) >= 11 is 0. The smallest absolute Gasteiger partial charge is 0.337 e. The Hall–Kier alpha value is -4.07. The molecule has 0 radical (unpaired) electrons. The molecule has 40 heavy (non-hydrogen) atoms. The number of pyridine rings is 1. The second-order valence-corrected chi connectivity index (χ2v) is 10.5. The average molecular weight is 545 g/mol. The zero-order valence-corrected chi connectivity index (χ0v) is 23.5. The van der Waals surface area contributed by atoms with E-state index in [2.05, 4.69) is 25.4 Å². The largest absolute Gasteiger partial charge is 0.478 e. The SMILES string of the molecule is C=C(/C=C1/N=C(C(=O)N2CCCCCC2C)C=C(CCCC)N1C)c1ccc(-c2ccc(C(=O)O)cn2)cc1F. The van der Waals surface area contributed by atoms with Crippen molar-refractivity contribution in [3.63, 3.8) is 0 Å². The molecule has 0 aliphatic carbocycles. The lowest BCUT2D eigenvalue weighted by atomic mass is 10.0. The van der Waals surface area contributed by atoms with Crippen LogP contribution in [0.4, 0.5) is 4.39 Å². The van der Waals surface area contributed by atoms with Gasteiger partial charge < -0.3 is 14.9 Å². The predicted molar refractivity (Wildman–Crippen MR) is 156 cm³/mol. The van der Waals surface area contributed by atoms with E-state index in [0.717, 1.165) is 57.2 Å². The van der Waals surface area contributed by atoms with E-state index in [1.54, 1.807) is 24.3 Å². The number of unbranched alkanes of at least 4 members (excludes halogenated alkanes) is 1. The number of aromatic carboxylic acids is 1. The fraction of sp³-hybridized carbons (Fsp3) is 0.375. The Bertz CT molecular complexity index is 1380. The van der Waals surface area contributed by atoms with Gasteiger partial charge in [-0.05, 0) is 68.5 Å². The van der Waals surface area contributed by atoms with E-state index < -0.39 is 11.8 Å². The zero-order chi connectivity index (χ0) is 28.8. The van der Waals surface area contributed by atoms with E-state index in [1.807, 2.05) is 22.9 Å². The molecule has 1 fully saturated rings. The van der Waals surface area contributed by atoms with Gasteiger partial charge in [0, 0.05) is 42.7 Å². The number of aromatic nitrogens is 1. The third-order valence-corrected chi connectivity index (χ3v) is 7.56. The van der Waals surface area contributed by atoms with Crippen LogP contribution in [0, 0.1) is 5.82 Å². The molecule has 1 aromatic carbocycles. The van der Waals surface area contributed by atoms with Gasteiger partial charge in [-0.2, -0.15) is 0 Å². The highest BCUT2D eigenvalue weighted by atomic mass is 19.1. The number of carbonyl (C=O) groups is 2. The van der Waals surface area contributed by atoms with Crippen LogP contribution in [0.3, 0.4) is 0 Å². The maximum Gasteiger partial charge on any atom is 0.337 e. The third-order valence-electron chi connectivity index (χ3n) is 7.56. The summed E-state index contributed by atoms with van der Waals surface area (Å²) < 4.78 is 15.3. The Morgan fingerprint density at radius 1 is 1.20 bits per heavy atom. The number of nitrogens with zero attached hydrogens (tertiary/aromatic N) is 4. The number of halogens is 1. The van der Waals surface area contributed by atoms with E-state index in [0.29, 0.717) is 33.9 Å². The highest BCUT2D eigenvalue weighted by Crippen LogP contribution is 2.29. The van der Waals surface area contributed by atoms with E-state index in [9.17, 15) is 9.59 Å². The molecule has 1 aromatic heterocycles. The Kier molecular flexibility index (Phi) is 9.30. The van der Waals surface area contributed by atoms with Crippen LogP contribution in [0.15, 0.2) is 71.8 Å². The van der Waals surface area contributed by atoms with Crippen molar-refractivity contribution in [3.8, 4) is 11.3 Å². The van der Waals surface area contributed by atoms with Crippen LogP contribution >= 0.6 is 0 Å². The first-order valence-electron chi connectivity index (χ1n) is 13.9. The van der Waals surface area contributed by atoms with Gasteiger partial charge in [-0.25, -0.2) is 14.2 Å². The fourth-order valence-electron chi connectivity index (χ4n) is 5.05. The van der Waals surface area contributed by atoms with Crippen LogP contribution in [0.5, 0.6) is 0 Å². The lowest BCUT2D eigenvalue weighted by Gasteiger charge is -2.31. The summed E-state index contributed by atoms with van der Waals surface area (Å²) in [6.07, 6.45) is 11.9. The van der Waals surface area contributed by atoms with Gasteiger partial charge in [-0.1, -0.05) is 44.9 Å². The first-order chi connectivity index (χ1) is 19.2. The number of carboxylic acid groups (broad SMARTS) is 1. The van der Waals surface area contributed by atoms with E-state index in [4.69, 9.17) is 10.1 Å². The Morgan fingerprint density at radius 3 is 2.67 bits per heavy atom. The normalized spacial score (nSPS) is 18.7. The summed E-state index contributed by atoms with van der Waals surface area (Å²) in [5.74, 6) is -1.08. The second-order valence-electron chi connectivity index (χ2n) is 10.5. The number of hydrogen-bond donors (Lipinski definition) is 1. The molecule has 3 heterocycles. The van der Waals surface area contributed by atoms with Crippen LogP contribution < -0.4 is 0 Å². The molecule has 1 atom stereocenters. The molecule has 0 bridgehead atoms. The Labute approximate surface area is 235 Å². The van der Waals surface area contributed by atoms with Crippen LogP contribution in [0.2, 0.25) is 0 Å². The minimum Gasteiger partial charge on any atom is -0.478 e. The molecule has 1 unspecified atom stereocenters. The molecule has 0 saturated carbocycles. The van der Waals surface area contributed by atoms with E-state index >= 15 is 4.39 Å². The van der Waals surface area contributed by atoms with Crippen LogP contribution in [-0.4, -0.2) is 57.1 Å². The molecule has 1 saturated heterocycles. The molecule has 1 N–H and O–H groups in total.